The molecular formula is C13H18BrNO4S. The second kappa shape index (κ2) is 6.53. The molecule has 0 radical (unpaired) electrons. The van der Waals surface area contributed by atoms with Gasteiger partial charge < -0.3 is 9.84 Å². The van der Waals surface area contributed by atoms with Crippen LogP contribution in [0.4, 0.5) is 0 Å². The molecule has 2 rings (SSSR count). The van der Waals surface area contributed by atoms with E-state index in [4.69, 9.17) is 4.74 Å². The molecule has 1 saturated heterocycles. The van der Waals surface area contributed by atoms with Crippen molar-refractivity contribution >= 4 is 26.0 Å². The number of benzene rings is 1. The predicted molar refractivity (Wildman–Crippen MR) is 79.3 cm³/mol. The summed E-state index contributed by atoms with van der Waals surface area (Å²) < 4.78 is 31.9. The summed E-state index contributed by atoms with van der Waals surface area (Å²) in [5, 5.41) is 10.9. The fourth-order valence-corrected chi connectivity index (χ4v) is 3.49. The van der Waals surface area contributed by atoms with Crippen molar-refractivity contribution < 1.29 is 18.3 Å². The van der Waals surface area contributed by atoms with Crippen LogP contribution in [0, 0.1) is 0 Å². The lowest BCUT2D eigenvalue weighted by atomic mass is 9.95. The minimum Gasteiger partial charge on any atom is -0.388 e. The van der Waals surface area contributed by atoms with Crippen LogP contribution < -0.4 is 4.72 Å². The normalized spacial score (nSPS) is 18.9. The van der Waals surface area contributed by atoms with Crippen molar-refractivity contribution in [1.29, 1.82) is 0 Å². The van der Waals surface area contributed by atoms with E-state index >= 15 is 0 Å². The van der Waals surface area contributed by atoms with Gasteiger partial charge in [-0.2, -0.15) is 0 Å². The zero-order valence-electron chi connectivity index (χ0n) is 11.0. The Labute approximate surface area is 127 Å². The van der Waals surface area contributed by atoms with E-state index in [0.717, 1.165) is 5.56 Å². The van der Waals surface area contributed by atoms with E-state index < -0.39 is 15.6 Å². The summed E-state index contributed by atoms with van der Waals surface area (Å²) in [4.78, 5) is 0.206. The molecule has 7 heteroatoms. The maximum Gasteiger partial charge on any atom is 0.240 e. The van der Waals surface area contributed by atoms with Gasteiger partial charge in [0.1, 0.15) is 0 Å². The summed E-state index contributed by atoms with van der Waals surface area (Å²) in [6, 6.07) is 6.64. The average molecular weight is 364 g/mol. The molecule has 0 spiro atoms. The number of nitrogens with one attached hydrogen (secondary N) is 1. The van der Waals surface area contributed by atoms with E-state index in [1.165, 1.54) is 0 Å². The van der Waals surface area contributed by atoms with E-state index in [1.807, 2.05) is 0 Å². The molecule has 1 aliphatic heterocycles. The number of sulfonamides is 1. The Kier molecular flexibility index (Phi) is 5.19. The Morgan fingerprint density at radius 1 is 1.25 bits per heavy atom. The van der Waals surface area contributed by atoms with Gasteiger partial charge in [0.2, 0.25) is 10.0 Å². The zero-order valence-corrected chi connectivity index (χ0v) is 13.4. The SMILES string of the molecule is O=S(=O)(NCC1(O)CCOCC1)c1ccc(CBr)cc1. The Hall–Kier alpha value is -0.470. The highest BCUT2D eigenvalue weighted by Gasteiger charge is 2.31. The third kappa shape index (κ3) is 4.02. The van der Waals surface area contributed by atoms with E-state index in [0.29, 0.717) is 31.4 Å². The van der Waals surface area contributed by atoms with Crippen LogP contribution in [0.2, 0.25) is 0 Å². The summed E-state index contributed by atoms with van der Waals surface area (Å²) in [6.07, 6.45) is 0.885. The van der Waals surface area contributed by atoms with E-state index in [1.54, 1.807) is 24.3 Å². The van der Waals surface area contributed by atoms with Crippen molar-refractivity contribution in [3.8, 4) is 0 Å². The molecule has 1 aromatic carbocycles. The monoisotopic (exact) mass is 363 g/mol. The number of aliphatic hydroxyl groups is 1. The number of hydrogen-bond acceptors (Lipinski definition) is 4. The average Bonchev–Trinajstić information content (AvgIpc) is 2.46. The highest BCUT2D eigenvalue weighted by atomic mass is 79.9. The molecule has 0 amide bonds. The topological polar surface area (TPSA) is 75.6 Å². The van der Waals surface area contributed by atoms with Crippen LogP contribution in [0.1, 0.15) is 18.4 Å². The minimum atomic E-state index is -3.59. The van der Waals surface area contributed by atoms with Gasteiger partial charge in [-0.15, -0.1) is 0 Å². The fourth-order valence-electron chi connectivity index (χ4n) is 2.00. The highest BCUT2D eigenvalue weighted by molar-refractivity contribution is 9.08. The van der Waals surface area contributed by atoms with E-state index in [-0.39, 0.29) is 11.4 Å². The van der Waals surface area contributed by atoms with Gasteiger partial charge in [-0.25, -0.2) is 13.1 Å². The van der Waals surface area contributed by atoms with Crippen molar-refractivity contribution in [2.24, 2.45) is 0 Å². The molecule has 2 N–H and O–H groups in total. The molecule has 112 valence electrons. The third-order valence-corrected chi connectivity index (χ3v) is 5.47. The van der Waals surface area contributed by atoms with Crippen molar-refractivity contribution in [2.45, 2.75) is 28.7 Å². The first-order valence-electron chi connectivity index (χ1n) is 6.40. The summed E-state index contributed by atoms with van der Waals surface area (Å²) in [5.74, 6) is 0. The molecule has 1 heterocycles. The van der Waals surface area contributed by atoms with Gasteiger partial charge in [0.15, 0.2) is 0 Å². The summed E-state index contributed by atoms with van der Waals surface area (Å²) in [5.41, 5.74) is -0.00629. The van der Waals surface area contributed by atoms with Crippen LogP contribution in [-0.4, -0.2) is 38.9 Å². The minimum absolute atomic E-state index is 0.0128. The van der Waals surface area contributed by atoms with Crippen molar-refractivity contribution in [3.63, 3.8) is 0 Å². The van der Waals surface area contributed by atoms with Gasteiger partial charge in [-0.1, -0.05) is 28.1 Å². The fraction of sp³-hybridized carbons (Fsp3) is 0.538. The largest absolute Gasteiger partial charge is 0.388 e. The Morgan fingerprint density at radius 3 is 2.40 bits per heavy atom. The smallest absolute Gasteiger partial charge is 0.240 e. The lowest BCUT2D eigenvalue weighted by Crippen LogP contribution is -2.46. The molecule has 0 aromatic heterocycles. The molecule has 0 saturated carbocycles. The van der Waals surface area contributed by atoms with Crippen molar-refractivity contribution in [3.05, 3.63) is 29.8 Å². The van der Waals surface area contributed by atoms with E-state index in [9.17, 15) is 13.5 Å². The number of alkyl halides is 1. The molecule has 1 aromatic rings. The van der Waals surface area contributed by atoms with Crippen LogP contribution in [0.25, 0.3) is 0 Å². The number of halogens is 1. The van der Waals surface area contributed by atoms with Crippen molar-refractivity contribution in [1.82, 2.24) is 4.72 Å². The second-order valence-corrected chi connectivity index (χ2v) is 7.27. The predicted octanol–water partition coefficient (Wildman–Crippen LogP) is 1.40. The second-order valence-electron chi connectivity index (χ2n) is 4.94. The number of rotatable bonds is 5. The molecule has 20 heavy (non-hydrogen) atoms. The number of hydrogen-bond donors (Lipinski definition) is 2. The molecule has 0 aliphatic carbocycles. The number of ether oxygens (including phenoxy) is 1. The van der Waals surface area contributed by atoms with Crippen LogP contribution in [0.5, 0.6) is 0 Å². The van der Waals surface area contributed by atoms with Gasteiger partial charge in [-0.3, -0.25) is 0 Å². The molecule has 1 fully saturated rings. The van der Waals surface area contributed by atoms with Gasteiger partial charge in [0, 0.05) is 37.9 Å². The maximum atomic E-state index is 12.2. The Bertz CT molecular complexity index is 538. The van der Waals surface area contributed by atoms with Crippen molar-refractivity contribution in [2.75, 3.05) is 19.8 Å². The molecule has 1 aliphatic rings. The first-order chi connectivity index (χ1) is 9.45. The van der Waals surface area contributed by atoms with E-state index in [2.05, 4.69) is 20.7 Å². The van der Waals surface area contributed by atoms with Gasteiger partial charge in [0.05, 0.1) is 10.5 Å². The van der Waals surface area contributed by atoms with Crippen LogP contribution in [0.3, 0.4) is 0 Å². The third-order valence-electron chi connectivity index (χ3n) is 3.40. The highest BCUT2D eigenvalue weighted by Crippen LogP contribution is 2.20. The quantitative estimate of drug-likeness (QED) is 0.775. The Morgan fingerprint density at radius 2 is 1.85 bits per heavy atom. The molecule has 0 atom stereocenters. The summed E-state index contributed by atoms with van der Waals surface area (Å²) >= 11 is 3.31. The maximum absolute atomic E-state index is 12.2. The lowest BCUT2D eigenvalue weighted by Gasteiger charge is -2.31. The molecular weight excluding hydrogens is 346 g/mol. The van der Waals surface area contributed by atoms with Gasteiger partial charge in [-0.05, 0) is 17.7 Å². The molecule has 5 nitrogen and oxygen atoms in total. The first kappa shape index (κ1) is 15.9. The molecule has 0 unspecified atom stereocenters. The van der Waals surface area contributed by atoms with Crippen LogP contribution in [0.15, 0.2) is 29.2 Å². The zero-order chi connectivity index (χ0) is 14.6. The summed E-state index contributed by atoms with van der Waals surface area (Å²) in [6.45, 7) is 0.926. The van der Waals surface area contributed by atoms with Gasteiger partial charge in [0.25, 0.3) is 0 Å². The van der Waals surface area contributed by atoms with Gasteiger partial charge >= 0.3 is 0 Å². The summed E-state index contributed by atoms with van der Waals surface area (Å²) in [7, 11) is -3.59. The lowest BCUT2D eigenvalue weighted by molar-refractivity contribution is -0.0588. The van der Waals surface area contributed by atoms with Crippen LogP contribution in [-0.2, 0) is 20.1 Å². The standard InChI is InChI=1S/C13H18BrNO4S/c14-9-11-1-3-12(4-2-11)20(17,18)15-10-13(16)5-7-19-8-6-13/h1-4,15-16H,5-10H2. The molecule has 0 bridgehead atoms. The van der Waals surface area contributed by atoms with Crippen LogP contribution >= 0.6 is 15.9 Å². The first-order valence-corrected chi connectivity index (χ1v) is 9.00. The Balaban J connectivity index is 2.02.